The van der Waals surface area contributed by atoms with Gasteiger partial charge in [0.1, 0.15) is 11.9 Å². The van der Waals surface area contributed by atoms with Crippen LogP contribution in [0.2, 0.25) is 0 Å². The molecule has 6 nitrogen and oxygen atoms in total. The Morgan fingerprint density at radius 3 is 2.74 bits per heavy atom. The van der Waals surface area contributed by atoms with Gasteiger partial charge in [0.25, 0.3) is 5.91 Å². The number of hydrogen-bond acceptors (Lipinski definition) is 5. The number of alkyl halides is 3. The number of hydrogen-bond donors (Lipinski definition) is 0. The fraction of sp³-hybridized carbons (Fsp3) is 0.389. The molecule has 0 saturated carbocycles. The molecule has 0 aliphatic carbocycles. The van der Waals surface area contributed by atoms with Crippen molar-refractivity contribution in [1.82, 2.24) is 15.1 Å². The van der Waals surface area contributed by atoms with Crippen LogP contribution in [-0.2, 0) is 0 Å². The fourth-order valence-electron chi connectivity index (χ4n) is 2.85. The van der Waals surface area contributed by atoms with Gasteiger partial charge in [-0.25, -0.2) is 0 Å². The van der Waals surface area contributed by atoms with Crippen LogP contribution in [0.1, 0.15) is 28.9 Å². The minimum atomic E-state index is -4.80. The van der Waals surface area contributed by atoms with E-state index in [2.05, 4.69) is 14.9 Å². The molecule has 2 aromatic rings. The summed E-state index contributed by atoms with van der Waals surface area (Å²) in [5.74, 6) is -0.417. The van der Waals surface area contributed by atoms with Crippen molar-refractivity contribution in [3.8, 4) is 11.6 Å². The molecule has 9 heteroatoms. The van der Waals surface area contributed by atoms with E-state index < -0.39 is 12.1 Å². The molecule has 1 saturated heterocycles. The lowest BCUT2D eigenvalue weighted by Crippen LogP contribution is -2.44. The van der Waals surface area contributed by atoms with Crippen LogP contribution in [0.4, 0.5) is 13.2 Å². The van der Waals surface area contributed by atoms with Gasteiger partial charge in [-0.3, -0.25) is 4.79 Å². The molecule has 2 heterocycles. The molecule has 1 aliphatic rings. The summed E-state index contributed by atoms with van der Waals surface area (Å²) in [7, 11) is 0. The maximum absolute atomic E-state index is 12.7. The van der Waals surface area contributed by atoms with Crippen molar-refractivity contribution >= 4 is 5.91 Å². The molecule has 3 rings (SSSR count). The number of benzene rings is 1. The van der Waals surface area contributed by atoms with Crippen molar-refractivity contribution in [2.75, 3.05) is 13.1 Å². The van der Waals surface area contributed by atoms with Crippen molar-refractivity contribution in [3.63, 3.8) is 0 Å². The molecule has 0 bridgehead atoms. The Bertz CT molecular complexity index is 796. The summed E-state index contributed by atoms with van der Waals surface area (Å²) in [6, 6.07) is 8.55. The molecule has 144 valence electrons. The highest BCUT2D eigenvalue weighted by Crippen LogP contribution is 2.25. The molecule has 1 aromatic carbocycles. The molecule has 0 spiro atoms. The van der Waals surface area contributed by atoms with Gasteiger partial charge in [-0.05, 0) is 44.0 Å². The molecule has 0 N–H and O–H groups in total. The van der Waals surface area contributed by atoms with Gasteiger partial charge in [-0.2, -0.15) is 5.10 Å². The number of ether oxygens (including phenoxy) is 2. The summed E-state index contributed by atoms with van der Waals surface area (Å²) in [6.45, 7) is 2.63. The summed E-state index contributed by atoms with van der Waals surface area (Å²) in [5, 5.41) is 7.87. The minimum absolute atomic E-state index is 0.132. The second-order valence-corrected chi connectivity index (χ2v) is 6.22. The third kappa shape index (κ3) is 5.32. The third-order valence-corrected chi connectivity index (χ3v) is 4.04. The number of halogens is 3. The Kier molecular flexibility index (Phi) is 5.48. The summed E-state index contributed by atoms with van der Waals surface area (Å²) >= 11 is 0. The number of nitrogens with zero attached hydrogens (tertiary/aromatic N) is 3. The van der Waals surface area contributed by atoms with Gasteiger partial charge >= 0.3 is 6.36 Å². The van der Waals surface area contributed by atoms with E-state index in [9.17, 15) is 18.0 Å². The molecule has 1 amide bonds. The second-order valence-electron chi connectivity index (χ2n) is 6.22. The molecule has 1 unspecified atom stereocenters. The Balaban J connectivity index is 1.66. The number of aryl methyl sites for hydroxylation is 1. The average molecular weight is 381 g/mol. The van der Waals surface area contributed by atoms with Gasteiger partial charge in [-0.1, -0.05) is 6.07 Å². The van der Waals surface area contributed by atoms with Crippen LogP contribution >= 0.6 is 0 Å². The first-order chi connectivity index (χ1) is 12.8. The molecular weight excluding hydrogens is 363 g/mol. The fourth-order valence-corrected chi connectivity index (χ4v) is 2.85. The lowest BCUT2D eigenvalue weighted by molar-refractivity contribution is -0.274. The SMILES string of the molecule is Cc1ccc(OC2CCCN(C(=O)c3cccc(OC(F)(F)F)c3)C2)nn1. The Morgan fingerprint density at radius 1 is 1.22 bits per heavy atom. The first-order valence-corrected chi connectivity index (χ1v) is 8.42. The second kappa shape index (κ2) is 7.81. The van der Waals surface area contributed by atoms with Gasteiger partial charge in [0.2, 0.25) is 5.88 Å². The normalized spacial score (nSPS) is 17.5. The van der Waals surface area contributed by atoms with Crippen LogP contribution in [0.5, 0.6) is 11.6 Å². The quantitative estimate of drug-likeness (QED) is 0.813. The van der Waals surface area contributed by atoms with E-state index in [1.165, 1.54) is 12.1 Å². The first-order valence-electron chi connectivity index (χ1n) is 8.42. The van der Waals surface area contributed by atoms with Crippen LogP contribution in [0.15, 0.2) is 36.4 Å². The molecule has 1 aliphatic heterocycles. The lowest BCUT2D eigenvalue weighted by Gasteiger charge is -2.32. The topological polar surface area (TPSA) is 64.5 Å². The summed E-state index contributed by atoms with van der Waals surface area (Å²) in [4.78, 5) is 14.2. The Labute approximate surface area is 153 Å². The average Bonchev–Trinajstić information content (AvgIpc) is 2.62. The maximum atomic E-state index is 12.7. The van der Waals surface area contributed by atoms with Crippen molar-refractivity contribution in [2.24, 2.45) is 0 Å². The minimum Gasteiger partial charge on any atom is -0.471 e. The largest absolute Gasteiger partial charge is 0.573 e. The van der Waals surface area contributed by atoms with Crippen LogP contribution in [-0.4, -0.2) is 46.6 Å². The van der Waals surface area contributed by atoms with E-state index in [-0.39, 0.29) is 17.6 Å². The highest BCUT2D eigenvalue weighted by molar-refractivity contribution is 5.94. The number of amides is 1. The van der Waals surface area contributed by atoms with Gasteiger partial charge in [0.05, 0.1) is 12.2 Å². The van der Waals surface area contributed by atoms with Gasteiger partial charge in [-0.15, -0.1) is 18.3 Å². The number of carbonyl (C=O) groups excluding carboxylic acids is 1. The molecule has 1 aromatic heterocycles. The predicted molar refractivity (Wildman–Crippen MR) is 89.4 cm³/mol. The Hall–Kier alpha value is -2.84. The zero-order chi connectivity index (χ0) is 19.4. The summed E-state index contributed by atoms with van der Waals surface area (Å²) in [6.07, 6.45) is -3.60. The third-order valence-electron chi connectivity index (χ3n) is 4.04. The maximum Gasteiger partial charge on any atom is 0.573 e. The molecule has 1 fully saturated rings. The van der Waals surface area contributed by atoms with Crippen LogP contribution in [0, 0.1) is 6.92 Å². The molecule has 27 heavy (non-hydrogen) atoms. The van der Waals surface area contributed by atoms with Crippen LogP contribution < -0.4 is 9.47 Å². The number of aromatic nitrogens is 2. The van der Waals surface area contributed by atoms with Crippen molar-refractivity contribution in [2.45, 2.75) is 32.2 Å². The van der Waals surface area contributed by atoms with Crippen molar-refractivity contribution in [3.05, 3.63) is 47.7 Å². The van der Waals surface area contributed by atoms with Crippen molar-refractivity contribution < 1.29 is 27.4 Å². The van der Waals surface area contributed by atoms with E-state index in [1.54, 1.807) is 17.0 Å². The van der Waals surface area contributed by atoms with Gasteiger partial charge < -0.3 is 14.4 Å². The van der Waals surface area contributed by atoms with E-state index in [0.29, 0.717) is 25.4 Å². The van der Waals surface area contributed by atoms with Gasteiger partial charge in [0.15, 0.2) is 0 Å². The number of rotatable bonds is 4. The Morgan fingerprint density at radius 2 is 2.04 bits per heavy atom. The summed E-state index contributed by atoms with van der Waals surface area (Å²) in [5.41, 5.74) is 0.899. The highest BCUT2D eigenvalue weighted by Gasteiger charge is 2.32. The van der Waals surface area contributed by atoms with Crippen LogP contribution in [0.25, 0.3) is 0 Å². The number of carbonyl (C=O) groups is 1. The number of likely N-dealkylation sites (tertiary alicyclic amines) is 1. The van der Waals surface area contributed by atoms with E-state index in [1.807, 2.05) is 6.92 Å². The monoisotopic (exact) mass is 381 g/mol. The van der Waals surface area contributed by atoms with E-state index in [4.69, 9.17) is 4.74 Å². The zero-order valence-corrected chi connectivity index (χ0v) is 14.6. The molecular formula is C18H18F3N3O3. The van der Waals surface area contributed by atoms with Crippen LogP contribution in [0.3, 0.4) is 0 Å². The lowest BCUT2D eigenvalue weighted by atomic mass is 10.1. The van der Waals surface area contributed by atoms with Crippen molar-refractivity contribution in [1.29, 1.82) is 0 Å². The number of piperidine rings is 1. The molecule has 0 radical (unpaired) electrons. The highest BCUT2D eigenvalue weighted by atomic mass is 19.4. The van der Waals surface area contributed by atoms with E-state index >= 15 is 0 Å². The summed E-state index contributed by atoms with van der Waals surface area (Å²) < 4.78 is 46.8. The van der Waals surface area contributed by atoms with Gasteiger partial charge in [0, 0.05) is 18.2 Å². The zero-order valence-electron chi connectivity index (χ0n) is 14.6. The molecule has 1 atom stereocenters. The standard InChI is InChI=1S/C18H18F3N3O3/c1-12-7-8-16(23-22-12)26-15-6-3-9-24(11-15)17(25)13-4-2-5-14(10-13)27-18(19,20)21/h2,4-5,7-8,10,15H,3,6,9,11H2,1H3. The van der Waals surface area contributed by atoms with E-state index in [0.717, 1.165) is 24.2 Å². The predicted octanol–water partition coefficient (Wildman–Crippen LogP) is 3.37. The first kappa shape index (κ1) is 18.9. The smallest absolute Gasteiger partial charge is 0.471 e.